The Labute approximate surface area is 145 Å². The largest absolute Gasteiger partial charge is 0.380 e. The molecule has 3 nitrogen and oxygen atoms in total. The normalized spacial score (nSPS) is 13.2. The molecule has 1 atom stereocenters. The van der Waals surface area contributed by atoms with Crippen molar-refractivity contribution < 1.29 is 4.74 Å². The van der Waals surface area contributed by atoms with Crippen LogP contribution in [-0.4, -0.2) is 28.6 Å². The predicted octanol–water partition coefficient (Wildman–Crippen LogP) is 4.66. The fraction of sp³-hybridized carbons (Fsp3) is 0.562. The van der Waals surface area contributed by atoms with Crippen LogP contribution in [0.3, 0.4) is 0 Å². The Balaban J connectivity index is 2.53. The van der Waals surface area contributed by atoms with Crippen molar-refractivity contribution in [3.05, 3.63) is 27.6 Å². The lowest BCUT2D eigenvalue weighted by Gasteiger charge is -2.25. The van der Waals surface area contributed by atoms with Crippen molar-refractivity contribution in [3.63, 3.8) is 0 Å². The van der Waals surface area contributed by atoms with Crippen LogP contribution in [0.25, 0.3) is 11.0 Å². The molecule has 1 heterocycles. The predicted molar refractivity (Wildman–Crippen MR) is 97.2 cm³/mol. The van der Waals surface area contributed by atoms with Crippen LogP contribution >= 0.6 is 34.2 Å². The zero-order valence-electron chi connectivity index (χ0n) is 12.8. The molecule has 0 N–H and O–H groups in total. The van der Waals surface area contributed by atoms with Gasteiger partial charge in [-0.05, 0) is 53.6 Å². The number of hydrogen-bond acceptors (Lipinski definition) is 2. The van der Waals surface area contributed by atoms with Crippen LogP contribution in [0.1, 0.15) is 32.6 Å². The highest BCUT2D eigenvalue weighted by atomic mass is 127. The Morgan fingerprint density at radius 3 is 2.76 bits per heavy atom. The lowest BCUT2D eigenvalue weighted by molar-refractivity contribution is 0.0969. The summed E-state index contributed by atoms with van der Waals surface area (Å²) in [6, 6.07) is 6.70. The summed E-state index contributed by atoms with van der Waals surface area (Å²) >= 11 is 8.29. The van der Waals surface area contributed by atoms with Crippen molar-refractivity contribution in [2.75, 3.05) is 19.1 Å². The van der Waals surface area contributed by atoms with Crippen LogP contribution in [0, 0.1) is 9.49 Å². The standard InChI is InChI=1S/C16H22ClIN2O/c1-4-21-10-15(11(2)3)20-14-6-5-12(18)9-13(14)19-16(20)7-8-17/h5-6,9,11,15H,4,7-8,10H2,1-3H3. The van der Waals surface area contributed by atoms with Gasteiger partial charge in [0.15, 0.2) is 0 Å². The van der Waals surface area contributed by atoms with Crippen LogP contribution < -0.4 is 0 Å². The molecule has 0 aliphatic carbocycles. The summed E-state index contributed by atoms with van der Waals surface area (Å²) in [5.74, 6) is 2.11. The third-order valence-electron chi connectivity index (χ3n) is 3.64. The number of aryl methyl sites for hydroxylation is 1. The molecule has 0 fully saturated rings. The SMILES string of the molecule is CCOCC(C(C)C)n1c(CCCl)nc2cc(I)ccc21. The second-order valence-corrected chi connectivity index (χ2v) is 7.06. The van der Waals surface area contributed by atoms with Crippen molar-refractivity contribution >= 4 is 45.2 Å². The zero-order valence-corrected chi connectivity index (χ0v) is 15.7. The molecule has 0 amide bonds. The maximum atomic E-state index is 5.97. The average Bonchev–Trinajstić information content (AvgIpc) is 2.77. The van der Waals surface area contributed by atoms with E-state index in [4.69, 9.17) is 21.3 Å². The summed E-state index contributed by atoms with van der Waals surface area (Å²) in [7, 11) is 0. The lowest BCUT2D eigenvalue weighted by Crippen LogP contribution is -2.23. The number of imidazole rings is 1. The number of nitrogens with zero attached hydrogens (tertiary/aromatic N) is 2. The smallest absolute Gasteiger partial charge is 0.111 e. The van der Waals surface area contributed by atoms with E-state index in [1.165, 1.54) is 9.09 Å². The van der Waals surface area contributed by atoms with E-state index < -0.39 is 0 Å². The summed E-state index contributed by atoms with van der Waals surface area (Å²) in [5.41, 5.74) is 2.22. The molecule has 2 rings (SSSR count). The highest BCUT2D eigenvalue weighted by molar-refractivity contribution is 14.1. The summed E-state index contributed by atoms with van der Waals surface area (Å²) in [6.45, 7) is 7.93. The van der Waals surface area contributed by atoms with Gasteiger partial charge in [-0.15, -0.1) is 11.6 Å². The minimum atomic E-state index is 0.285. The van der Waals surface area contributed by atoms with Crippen molar-refractivity contribution in [3.8, 4) is 0 Å². The molecule has 5 heteroatoms. The van der Waals surface area contributed by atoms with Crippen molar-refractivity contribution in [1.82, 2.24) is 9.55 Å². The summed E-state index contributed by atoms with van der Waals surface area (Å²) in [5, 5.41) is 0. The molecule has 0 bridgehead atoms. The van der Waals surface area contributed by atoms with Crippen LogP contribution in [0.4, 0.5) is 0 Å². The first-order valence-electron chi connectivity index (χ1n) is 7.38. The highest BCUT2D eigenvalue weighted by Gasteiger charge is 2.22. The molecular formula is C16H22ClIN2O. The van der Waals surface area contributed by atoms with Crippen LogP contribution in [0.5, 0.6) is 0 Å². The number of fused-ring (bicyclic) bond motifs is 1. The van der Waals surface area contributed by atoms with E-state index in [1.807, 2.05) is 6.92 Å². The van der Waals surface area contributed by atoms with Gasteiger partial charge in [0, 0.05) is 22.5 Å². The van der Waals surface area contributed by atoms with Crippen molar-refractivity contribution in [1.29, 1.82) is 0 Å². The molecular weight excluding hydrogens is 399 g/mol. The highest BCUT2D eigenvalue weighted by Crippen LogP contribution is 2.28. The molecule has 0 aliphatic rings. The number of benzene rings is 1. The summed E-state index contributed by atoms with van der Waals surface area (Å²) in [6.07, 6.45) is 0.780. The number of halogens is 2. The number of rotatable bonds is 7. The lowest BCUT2D eigenvalue weighted by atomic mass is 10.0. The maximum absolute atomic E-state index is 5.97. The third kappa shape index (κ3) is 3.90. The van der Waals surface area contributed by atoms with Gasteiger partial charge in [-0.3, -0.25) is 0 Å². The molecule has 116 valence electrons. The van der Waals surface area contributed by atoms with Gasteiger partial charge < -0.3 is 9.30 Å². The molecule has 0 saturated heterocycles. The van der Waals surface area contributed by atoms with E-state index in [-0.39, 0.29) is 6.04 Å². The topological polar surface area (TPSA) is 27.1 Å². The van der Waals surface area contributed by atoms with Gasteiger partial charge in [-0.1, -0.05) is 13.8 Å². The Bertz CT molecular complexity index is 597. The average molecular weight is 421 g/mol. The molecule has 1 unspecified atom stereocenters. The third-order valence-corrected chi connectivity index (χ3v) is 4.50. The summed E-state index contributed by atoms with van der Waals surface area (Å²) in [4.78, 5) is 4.79. The maximum Gasteiger partial charge on any atom is 0.111 e. The fourth-order valence-corrected chi connectivity index (χ4v) is 3.20. The summed E-state index contributed by atoms with van der Waals surface area (Å²) < 4.78 is 9.23. The molecule has 1 aromatic heterocycles. The molecule has 0 spiro atoms. The Morgan fingerprint density at radius 2 is 2.14 bits per heavy atom. The van der Waals surface area contributed by atoms with Gasteiger partial charge >= 0.3 is 0 Å². The molecule has 0 saturated carbocycles. The van der Waals surface area contributed by atoms with Crippen LogP contribution in [0.15, 0.2) is 18.2 Å². The van der Waals surface area contributed by atoms with E-state index in [2.05, 4.69) is 59.2 Å². The second-order valence-electron chi connectivity index (χ2n) is 5.44. The minimum absolute atomic E-state index is 0.285. The number of hydrogen-bond donors (Lipinski definition) is 0. The first kappa shape index (κ1) is 17.0. The van der Waals surface area contributed by atoms with Crippen molar-refractivity contribution in [2.45, 2.75) is 33.2 Å². The second kappa shape index (κ2) is 7.79. The first-order chi connectivity index (χ1) is 10.1. The van der Waals surface area contributed by atoms with Crippen molar-refractivity contribution in [2.24, 2.45) is 5.92 Å². The monoisotopic (exact) mass is 420 g/mol. The Kier molecular flexibility index (Phi) is 6.32. The van der Waals surface area contributed by atoms with Gasteiger partial charge in [-0.25, -0.2) is 4.98 Å². The zero-order chi connectivity index (χ0) is 15.4. The minimum Gasteiger partial charge on any atom is -0.380 e. The van der Waals surface area contributed by atoms with E-state index >= 15 is 0 Å². The molecule has 1 aromatic carbocycles. The van der Waals surface area contributed by atoms with Gasteiger partial charge in [0.1, 0.15) is 5.82 Å². The quantitative estimate of drug-likeness (QED) is 0.481. The van der Waals surface area contributed by atoms with E-state index in [0.717, 1.165) is 24.4 Å². The van der Waals surface area contributed by atoms with Gasteiger partial charge in [0.25, 0.3) is 0 Å². The van der Waals surface area contributed by atoms with Gasteiger partial charge in [-0.2, -0.15) is 0 Å². The Hall–Kier alpha value is -0.330. The first-order valence-corrected chi connectivity index (χ1v) is 8.99. The molecule has 2 aromatic rings. The molecule has 0 radical (unpaired) electrons. The molecule has 0 aliphatic heterocycles. The Morgan fingerprint density at radius 1 is 1.38 bits per heavy atom. The van der Waals surface area contributed by atoms with Crippen LogP contribution in [0.2, 0.25) is 0 Å². The number of alkyl halides is 1. The fourth-order valence-electron chi connectivity index (χ4n) is 2.56. The van der Waals surface area contributed by atoms with Crippen LogP contribution in [-0.2, 0) is 11.2 Å². The van der Waals surface area contributed by atoms with E-state index in [0.29, 0.717) is 18.4 Å². The number of ether oxygens (including phenoxy) is 1. The van der Waals surface area contributed by atoms with E-state index in [1.54, 1.807) is 0 Å². The van der Waals surface area contributed by atoms with Gasteiger partial charge in [0.2, 0.25) is 0 Å². The van der Waals surface area contributed by atoms with E-state index in [9.17, 15) is 0 Å². The molecule has 21 heavy (non-hydrogen) atoms. The van der Waals surface area contributed by atoms with Gasteiger partial charge in [0.05, 0.1) is 23.7 Å². The number of aromatic nitrogens is 2.